The Bertz CT molecular complexity index is 350. The zero-order chi connectivity index (χ0) is 12.5. The number of hydrogen-bond donors (Lipinski definition) is 3. The predicted octanol–water partition coefficient (Wildman–Crippen LogP) is -0.191. The van der Waals surface area contributed by atoms with Crippen molar-refractivity contribution in [2.75, 3.05) is 0 Å². The third kappa shape index (κ3) is 2.72. The lowest BCUT2D eigenvalue weighted by molar-refractivity contribution is -0.174. The third-order valence-electron chi connectivity index (χ3n) is 2.07. The van der Waals surface area contributed by atoms with E-state index in [1.807, 2.05) is 0 Å². The van der Waals surface area contributed by atoms with E-state index in [4.69, 9.17) is 5.11 Å². The molecule has 0 aliphatic heterocycles. The number of carboxylic acid groups (broad SMARTS) is 1. The molecule has 3 N–H and O–H groups in total. The van der Waals surface area contributed by atoms with Crippen LogP contribution < -0.4 is 5.32 Å². The Labute approximate surface area is 87.6 Å². The molecular formula is C8H8F3NO4. The number of aliphatic carboxylic acids is 1. The van der Waals surface area contributed by atoms with Gasteiger partial charge < -0.3 is 15.5 Å². The maximum atomic E-state index is 11.9. The number of hydrogen-bond acceptors (Lipinski definition) is 3. The van der Waals surface area contributed by atoms with E-state index in [-0.39, 0.29) is 12.0 Å². The molecule has 0 unspecified atom stereocenters. The quantitative estimate of drug-likeness (QED) is 0.623. The minimum absolute atomic E-state index is 0.222. The van der Waals surface area contributed by atoms with E-state index in [9.17, 15) is 27.9 Å². The highest BCUT2D eigenvalue weighted by Crippen LogP contribution is 2.22. The summed E-state index contributed by atoms with van der Waals surface area (Å²) in [6.45, 7) is 0. The van der Waals surface area contributed by atoms with Crippen LogP contribution in [0.3, 0.4) is 0 Å². The Morgan fingerprint density at radius 3 is 2.38 bits per heavy atom. The van der Waals surface area contributed by atoms with Crippen LogP contribution >= 0.6 is 0 Å². The van der Waals surface area contributed by atoms with Crippen molar-refractivity contribution in [3.63, 3.8) is 0 Å². The maximum absolute atomic E-state index is 11.9. The molecule has 0 saturated carbocycles. The van der Waals surface area contributed by atoms with Crippen LogP contribution in [0.15, 0.2) is 11.6 Å². The molecule has 5 nitrogen and oxygen atoms in total. The van der Waals surface area contributed by atoms with Crippen molar-refractivity contribution in [3.05, 3.63) is 11.6 Å². The van der Waals surface area contributed by atoms with Gasteiger partial charge in [0.1, 0.15) is 0 Å². The average Bonchev–Trinajstić information content (AvgIpc) is 2.46. The Morgan fingerprint density at radius 1 is 1.44 bits per heavy atom. The summed E-state index contributed by atoms with van der Waals surface area (Å²) in [4.78, 5) is 21.0. The van der Waals surface area contributed by atoms with Gasteiger partial charge in [-0.25, -0.2) is 4.79 Å². The summed E-state index contributed by atoms with van der Waals surface area (Å²) in [6.07, 6.45) is -5.90. The highest BCUT2D eigenvalue weighted by atomic mass is 19.4. The van der Waals surface area contributed by atoms with Crippen LogP contribution in [0.25, 0.3) is 0 Å². The van der Waals surface area contributed by atoms with E-state index < -0.39 is 30.2 Å². The summed E-state index contributed by atoms with van der Waals surface area (Å²) in [6, 6.07) is -1.25. The molecule has 1 rings (SSSR count). The standard InChI is InChI=1S/C8H8F3NO4/c9-8(10,11)7(16)12-4-1-3(6(14)15)2-5(4)13/h2,4-5,13H,1H2,(H,12,16)(H,14,15)/t4-,5+/m0/s1. The molecule has 0 bridgehead atoms. The number of rotatable bonds is 2. The molecule has 16 heavy (non-hydrogen) atoms. The number of alkyl halides is 3. The molecule has 0 spiro atoms. The number of carbonyl (C=O) groups excluding carboxylic acids is 1. The van der Waals surface area contributed by atoms with E-state index in [1.165, 1.54) is 5.32 Å². The number of carbonyl (C=O) groups is 2. The summed E-state index contributed by atoms with van der Waals surface area (Å²) < 4.78 is 35.6. The molecule has 2 atom stereocenters. The van der Waals surface area contributed by atoms with Crippen molar-refractivity contribution in [1.82, 2.24) is 5.32 Å². The second-order valence-electron chi connectivity index (χ2n) is 3.27. The molecular weight excluding hydrogens is 231 g/mol. The minimum atomic E-state index is -5.05. The zero-order valence-corrected chi connectivity index (χ0v) is 7.78. The van der Waals surface area contributed by atoms with Crippen molar-refractivity contribution in [2.24, 2.45) is 0 Å². The molecule has 0 aromatic carbocycles. The molecule has 0 saturated heterocycles. The Kier molecular flexibility index (Phi) is 3.22. The van der Waals surface area contributed by atoms with Crippen LogP contribution in [0, 0.1) is 0 Å². The highest BCUT2D eigenvalue weighted by molar-refractivity contribution is 5.88. The van der Waals surface area contributed by atoms with E-state index in [0.29, 0.717) is 0 Å². The number of aliphatic hydroxyl groups is 1. The van der Waals surface area contributed by atoms with Gasteiger partial charge in [0.15, 0.2) is 0 Å². The van der Waals surface area contributed by atoms with Crippen molar-refractivity contribution in [1.29, 1.82) is 0 Å². The molecule has 1 aliphatic carbocycles. The highest BCUT2D eigenvalue weighted by Gasteiger charge is 2.42. The first-order valence-electron chi connectivity index (χ1n) is 4.21. The molecule has 1 aliphatic rings. The second-order valence-corrected chi connectivity index (χ2v) is 3.27. The molecule has 0 heterocycles. The van der Waals surface area contributed by atoms with Crippen molar-refractivity contribution in [3.8, 4) is 0 Å². The molecule has 8 heteroatoms. The van der Waals surface area contributed by atoms with E-state index in [2.05, 4.69) is 0 Å². The van der Waals surface area contributed by atoms with Gasteiger partial charge in [0, 0.05) is 12.0 Å². The van der Waals surface area contributed by atoms with Gasteiger partial charge in [0.25, 0.3) is 0 Å². The smallest absolute Gasteiger partial charge is 0.471 e. The summed E-state index contributed by atoms with van der Waals surface area (Å²) in [7, 11) is 0. The lowest BCUT2D eigenvalue weighted by atomic mass is 10.1. The lowest BCUT2D eigenvalue weighted by Gasteiger charge is -2.17. The van der Waals surface area contributed by atoms with Crippen molar-refractivity contribution in [2.45, 2.75) is 24.7 Å². The van der Waals surface area contributed by atoms with Crippen LogP contribution in [0.1, 0.15) is 6.42 Å². The van der Waals surface area contributed by atoms with Crippen LogP contribution in [0.2, 0.25) is 0 Å². The first kappa shape index (κ1) is 12.5. The van der Waals surface area contributed by atoms with E-state index in [0.717, 1.165) is 6.08 Å². The van der Waals surface area contributed by atoms with Gasteiger partial charge in [0.2, 0.25) is 0 Å². The second kappa shape index (κ2) is 4.12. The Morgan fingerprint density at radius 2 is 2.00 bits per heavy atom. The Hall–Kier alpha value is -1.57. The number of halogens is 3. The van der Waals surface area contributed by atoms with Crippen LogP contribution in [-0.2, 0) is 9.59 Å². The van der Waals surface area contributed by atoms with Crippen molar-refractivity contribution >= 4 is 11.9 Å². The predicted molar refractivity (Wildman–Crippen MR) is 44.3 cm³/mol. The summed E-state index contributed by atoms with van der Waals surface area (Å²) in [5, 5.41) is 19.3. The van der Waals surface area contributed by atoms with Gasteiger partial charge in [-0.2, -0.15) is 13.2 Å². The van der Waals surface area contributed by atoms with Gasteiger partial charge in [-0.3, -0.25) is 4.79 Å². The van der Waals surface area contributed by atoms with Gasteiger partial charge in [-0.15, -0.1) is 0 Å². The monoisotopic (exact) mass is 239 g/mol. The average molecular weight is 239 g/mol. The first-order chi connectivity index (χ1) is 7.21. The molecule has 1 amide bonds. The largest absolute Gasteiger partial charge is 0.478 e. The molecule has 0 fully saturated rings. The first-order valence-corrected chi connectivity index (χ1v) is 4.21. The molecule has 0 aromatic rings. The maximum Gasteiger partial charge on any atom is 0.471 e. The number of amides is 1. The van der Waals surface area contributed by atoms with Gasteiger partial charge >= 0.3 is 18.1 Å². The number of nitrogens with one attached hydrogen (secondary N) is 1. The normalized spacial score (nSPS) is 25.1. The zero-order valence-electron chi connectivity index (χ0n) is 7.78. The fraction of sp³-hybridized carbons (Fsp3) is 0.500. The van der Waals surface area contributed by atoms with Crippen molar-refractivity contribution < 1.29 is 33.0 Å². The van der Waals surface area contributed by atoms with Crippen LogP contribution in [-0.4, -0.2) is 40.4 Å². The van der Waals surface area contributed by atoms with Crippen LogP contribution in [0.4, 0.5) is 13.2 Å². The van der Waals surface area contributed by atoms with E-state index >= 15 is 0 Å². The fourth-order valence-electron chi connectivity index (χ4n) is 1.29. The Balaban J connectivity index is 2.61. The summed E-state index contributed by atoms with van der Waals surface area (Å²) in [5.74, 6) is -3.53. The minimum Gasteiger partial charge on any atom is -0.478 e. The number of aliphatic hydroxyl groups excluding tert-OH is 1. The molecule has 90 valence electrons. The third-order valence-corrected chi connectivity index (χ3v) is 2.07. The number of carboxylic acids is 1. The molecule has 0 aromatic heterocycles. The summed E-state index contributed by atoms with van der Waals surface area (Å²) >= 11 is 0. The SMILES string of the molecule is O=C(O)C1=C[C@@H](O)[C@@H](NC(=O)C(F)(F)F)C1. The molecule has 0 radical (unpaired) electrons. The topological polar surface area (TPSA) is 86.6 Å². The van der Waals surface area contributed by atoms with Gasteiger partial charge in [0.05, 0.1) is 12.1 Å². The van der Waals surface area contributed by atoms with Gasteiger partial charge in [-0.1, -0.05) is 0 Å². The van der Waals surface area contributed by atoms with Gasteiger partial charge in [-0.05, 0) is 6.08 Å². The summed E-state index contributed by atoms with van der Waals surface area (Å²) in [5.41, 5.74) is -0.222. The lowest BCUT2D eigenvalue weighted by Crippen LogP contribution is -2.46. The van der Waals surface area contributed by atoms with E-state index in [1.54, 1.807) is 0 Å². The fourth-order valence-corrected chi connectivity index (χ4v) is 1.29. The van der Waals surface area contributed by atoms with Crippen LogP contribution in [0.5, 0.6) is 0 Å².